The fourth-order valence-corrected chi connectivity index (χ4v) is 3.62. The number of nitrogens with one attached hydrogen (secondary N) is 1. The summed E-state index contributed by atoms with van der Waals surface area (Å²) < 4.78 is 25.4. The SMILES string of the molecule is CCC(=O)N1N=C(c2cccc(NS(C)(=O)=O)c2)C[C@@H]1c1ccccc1O. The first-order chi connectivity index (χ1) is 12.8. The van der Waals surface area contributed by atoms with Crippen molar-refractivity contribution >= 4 is 27.3 Å². The molecule has 2 N–H and O–H groups in total. The van der Waals surface area contributed by atoms with Gasteiger partial charge in [0.25, 0.3) is 0 Å². The van der Waals surface area contributed by atoms with E-state index in [9.17, 15) is 18.3 Å². The standard InChI is InChI=1S/C19H21N3O4S/c1-3-19(24)22-17(15-9-4-5-10-18(15)23)12-16(20-22)13-7-6-8-14(11-13)21-27(2,25)26/h4-11,17,21,23H,3,12H2,1-2H3/t17-/m1/s1. The van der Waals surface area contributed by atoms with Gasteiger partial charge >= 0.3 is 0 Å². The highest BCUT2D eigenvalue weighted by molar-refractivity contribution is 7.92. The second-order valence-corrected chi connectivity index (χ2v) is 8.12. The summed E-state index contributed by atoms with van der Waals surface area (Å²) in [7, 11) is -3.39. The second kappa shape index (κ2) is 7.40. The zero-order valence-corrected chi connectivity index (χ0v) is 15.9. The fraction of sp³-hybridized carbons (Fsp3) is 0.263. The van der Waals surface area contributed by atoms with Gasteiger partial charge in [0.2, 0.25) is 15.9 Å². The molecule has 1 aliphatic rings. The number of phenolic OH excluding ortho intramolecular Hbond substituents is 1. The first-order valence-electron chi connectivity index (χ1n) is 8.54. The molecule has 0 aliphatic carbocycles. The summed E-state index contributed by atoms with van der Waals surface area (Å²) >= 11 is 0. The quantitative estimate of drug-likeness (QED) is 0.824. The van der Waals surface area contributed by atoms with Crippen LogP contribution in [-0.2, 0) is 14.8 Å². The molecule has 1 aliphatic heterocycles. The van der Waals surface area contributed by atoms with Crippen LogP contribution in [0.15, 0.2) is 53.6 Å². The number of rotatable bonds is 5. The Morgan fingerprint density at radius 2 is 2.00 bits per heavy atom. The summed E-state index contributed by atoms with van der Waals surface area (Å²) in [6, 6.07) is 13.4. The average Bonchev–Trinajstić information content (AvgIpc) is 3.05. The maximum Gasteiger partial charge on any atom is 0.242 e. The van der Waals surface area contributed by atoms with Crippen LogP contribution in [0.4, 0.5) is 5.69 Å². The monoisotopic (exact) mass is 387 g/mol. The van der Waals surface area contributed by atoms with Crippen molar-refractivity contribution in [2.75, 3.05) is 11.0 Å². The highest BCUT2D eigenvalue weighted by Crippen LogP contribution is 2.37. The van der Waals surface area contributed by atoms with Crippen LogP contribution in [0.3, 0.4) is 0 Å². The van der Waals surface area contributed by atoms with E-state index in [1.807, 2.05) is 6.07 Å². The molecule has 0 unspecified atom stereocenters. The lowest BCUT2D eigenvalue weighted by atomic mass is 9.97. The minimum absolute atomic E-state index is 0.111. The van der Waals surface area contributed by atoms with Gasteiger partial charge in [-0.2, -0.15) is 5.10 Å². The van der Waals surface area contributed by atoms with Crippen LogP contribution < -0.4 is 4.72 Å². The Morgan fingerprint density at radius 1 is 1.26 bits per heavy atom. The van der Waals surface area contributed by atoms with Gasteiger partial charge in [0.15, 0.2) is 0 Å². The molecule has 1 atom stereocenters. The van der Waals surface area contributed by atoms with Crippen molar-refractivity contribution in [1.82, 2.24) is 5.01 Å². The van der Waals surface area contributed by atoms with Crippen LogP contribution in [-0.4, -0.2) is 36.4 Å². The van der Waals surface area contributed by atoms with Gasteiger partial charge in [0.05, 0.1) is 18.0 Å². The van der Waals surface area contributed by atoms with E-state index in [1.165, 1.54) is 5.01 Å². The number of hydrogen-bond acceptors (Lipinski definition) is 5. The van der Waals surface area contributed by atoms with Gasteiger partial charge in [-0.1, -0.05) is 37.3 Å². The summed E-state index contributed by atoms with van der Waals surface area (Å²) in [5.74, 6) is -0.0379. The summed E-state index contributed by atoms with van der Waals surface area (Å²) in [5.41, 5.74) is 2.43. The predicted molar refractivity (Wildman–Crippen MR) is 104 cm³/mol. The number of nitrogens with zero attached hydrogens (tertiary/aromatic N) is 2. The molecule has 7 nitrogen and oxygen atoms in total. The van der Waals surface area contributed by atoms with Crippen molar-refractivity contribution in [3.05, 3.63) is 59.7 Å². The third kappa shape index (κ3) is 4.28. The number of aromatic hydroxyl groups is 1. The lowest BCUT2D eigenvalue weighted by Crippen LogP contribution is -2.26. The number of amides is 1. The molecule has 0 radical (unpaired) electrons. The van der Waals surface area contributed by atoms with Gasteiger partial charge in [-0.05, 0) is 23.8 Å². The van der Waals surface area contributed by atoms with Gasteiger partial charge in [-0.15, -0.1) is 0 Å². The minimum Gasteiger partial charge on any atom is -0.508 e. The molecule has 1 amide bonds. The molecule has 0 fully saturated rings. The van der Waals surface area contributed by atoms with Crippen LogP contribution in [0.5, 0.6) is 5.75 Å². The summed E-state index contributed by atoms with van der Waals surface area (Å²) in [4.78, 5) is 12.4. The normalized spacial score (nSPS) is 16.9. The van der Waals surface area contributed by atoms with E-state index in [4.69, 9.17) is 0 Å². The number of sulfonamides is 1. The molecule has 0 aromatic heterocycles. The van der Waals surface area contributed by atoms with Gasteiger partial charge in [-0.25, -0.2) is 13.4 Å². The molecule has 8 heteroatoms. The minimum atomic E-state index is -3.39. The maximum absolute atomic E-state index is 12.4. The number of phenols is 1. The van der Waals surface area contributed by atoms with Crippen molar-refractivity contribution in [2.45, 2.75) is 25.8 Å². The van der Waals surface area contributed by atoms with E-state index in [0.717, 1.165) is 11.8 Å². The molecular formula is C19H21N3O4S. The predicted octanol–water partition coefficient (Wildman–Crippen LogP) is 2.85. The van der Waals surface area contributed by atoms with E-state index < -0.39 is 16.1 Å². The van der Waals surface area contributed by atoms with E-state index in [2.05, 4.69) is 9.82 Å². The molecule has 0 saturated heterocycles. The van der Waals surface area contributed by atoms with Gasteiger partial charge < -0.3 is 5.11 Å². The molecule has 3 rings (SSSR count). The van der Waals surface area contributed by atoms with E-state index in [1.54, 1.807) is 49.4 Å². The highest BCUT2D eigenvalue weighted by Gasteiger charge is 2.33. The molecule has 0 spiro atoms. The third-order valence-electron chi connectivity index (χ3n) is 4.26. The largest absolute Gasteiger partial charge is 0.508 e. The number of anilines is 1. The number of carbonyl (C=O) groups is 1. The molecule has 0 bridgehead atoms. The molecule has 1 heterocycles. The van der Waals surface area contributed by atoms with Crippen LogP contribution in [0.2, 0.25) is 0 Å². The summed E-state index contributed by atoms with van der Waals surface area (Å²) in [6.07, 6.45) is 1.80. The van der Waals surface area contributed by atoms with E-state index in [0.29, 0.717) is 23.4 Å². The summed E-state index contributed by atoms with van der Waals surface area (Å²) in [5, 5.41) is 16.1. The Balaban J connectivity index is 1.96. The molecule has 0 saturated carbocycles. The van der Waals surface area contributed by atoms with Crippen molar-refractivity contribution < 1.29 is 18.3 Å². The van der Waals surface area contributed by atoms with E-state index >= 15 is 0 Å². The van der Waals surface area contributed by atoms with Crippen LogP contribution >= 0.6 is 0 Å². The zero-order chi connectivity index (χ0) is 19.6. The average molecular weight is 387 g/mol. The van der Waals surface area contributed by atoms with E-state index in [-0.39, 0.29) is 18.1 Å². The Labute approximate surface area is 158 Å². The van der Waals surface area contributed by atoms with Crippen molar-refractivity contribution in [3.8, 4) is 5.75 Å². The first kappa shape index (κ1) is 18.9. The number of carbonyl (C=O) groups excluding carboxylic acids is 1. The van der Waals surface area contributed by atoms with Crippen molar-refractivity contribution in [1.29, 1.82) is 0 Å². The highest BCUT2D eigenvalue weighted by atomic mass is 32.2. The Hall–Kier alpha value is -2.87. The fourth-order valence-electron chi connectivity index (χ4n) is 3.06. The van der Waals surface area contributed by atoms with Crippen LogP contribution in [0, 0.1) is 0 Å². The molecule has 2 aromatic rings. The zero-order valence-electron chi connectivity index (χ0n) is 15.1. The topological polar surface area (TPSA) is 99.1 Å². The number of hydrogen-bond donors (Lipinski definition) is 2. The van der Waals surface area contributed by atoms with Crippen molar-refractivity contribution in [3.63, 3.8) is 0 Å². The maximum atomic E-state index is 12.4. The van der Waals surface area contributed by atoms with Crippen LogP contribution in [0.1, 0.15) is 36.9 Å². The number of benzene rings is 2. The van der Waals surface area contributed by atoms with Crippen molar-refractivity contribution in [2.24, 2.45) is 5.10 Å². The number of para-hydroxylation sites is 1. The number of hydrazone groups is 1. The molecule has 27 heavy (non-hydrogen) atoms. The Morgan fingerprint density at radius 3 is 2.67 bits per heavy atom. The smallest absolute Gasteiger partial charge is 0.242 e. The summed E-state index contributed by atoms with van der Waals surface area (Å²) in [6.45, 7) is 1.76. The third-order valence-corrected chi connectivity index (χ3v) is 4.87. The van der Waals surface area contributed by atoms with Gasteiger partial charge in [0, 0.05) is 24.1 Å². The Bertz CT molecular complexity index is 1000. The Kier molecular flexibility index (Phi) is 5.18. The second-order valence-electron chi connectivity index (χ2n) is 6.37. The molecular weight excluding hydrogens is 366 g/mol. The van der Waals surface area contributed by atoms with Gasteiger partial charge in [-0.3, -0.25) is 9.52 Å². The molecule has 2 aromatic carbocycles. The lowest BCUT2D eigenvalue weighted by Gasteiger charge is -2.22. The van der Waals surface area contributed by atoms with Gasteiger partial charge in [0.1, 0.15) is 5.75 Å². The van der Waals surface area contributed by atoms with Crippen LogP contribution in [0.25, 0.3) is 0 Å². The first-order valence-corrected chi connectivity index (χ1v) is 10.4. The molecule has 142 valence electrons. The lowest BCUT2D eigenvalue weighted by molar-refractivity contribution is -0.132.